The molecule has 0 amide bonds. The van der Waals surface area contributed by atoms with Gasteiger partial charge < -0.3 is 19.7 Å². The van der Waals surface area contributed by atoms with E-state index in [0.29, 0.717) is 46.0 Å². The Balaban J connectivity index is 0.000000314. The van der Waals surface area contributed by atoms with Crippen LogP contribution in [0.5, 0.6) is 34.5 Å². The second-order valence-corrected chi connectivity index (χ2v) is 20.5. The predicted octanol–water partition coefficient (Wildman–Crippen LogP) is 14.0. The van der Waals surface area contributed by atoms with Gasteiger partial charge in [-0.1, -0.05) is 153 Å². The van der Waals surface area contributed by atoms with Crippen LogP contribution in [0.3, 0.4) is 0 Å². The van der Waals surface area contributed by atoms with E-state index < -0.39 is 22.3 Å². The second kappa shape index (κ2) is 17.6. The molecule has 1 aliphatic rings. The van der Waals surface area contributed by atoms with E-state index in [-0.39, 0.29) is 27.3 Å². The summed E-state index contributed by atoms with van der Waals surface area (Å²) in [6.45, 7) is 39.5. The van der Waals surface area contributed by atoms with Gasteiger partial charge in [-0.05, 0) is 99.3 Å². The maximum atomic E-state index is 13.3. The Hall–Kier alpha value is -4.09. The van der Waals surface area contributed by atoms with Crippen LogP contribution in [0.25, 0.3) is 0 Å². The van der Waals surface area contributed by atoms with Crippen molar-refractivity contribution >= 4 is 23.3 Å². The minimum Gasteiger partial charge on any atom is -0.873 e. The van der Waals surface area contributed by atoms with Crippen molar-refractivity contribution in [3.63, 3.8) is 0 Å². The number of nitrogens with zero attached hydrogens (tertiary/aromatic N) is 2. The van der Waals surface area contributed by atoms with E-state index in [1.165, 1.54) is 22.3 Å². The van der Waals surface area contributed by atoms with Crippen LogP contribution in [0.2, 0.25) is 0 Å². The number of hydrogen-bond donors (Lipinski definition) is 0. The van der Waals surface area contributed by atoms with Crippen LogP contribution in [0.1, 0.15) is 174 Å². The average Bonchev–Trinajstić information content (AvgIpc) is 3.06. The number of fused-ring (bicyclic) bond motifs is 2. The molecular formula is C51H68N2NiO4. The third kappa shape index (κ3) is 10.6. The van der Waals surface area contributed by atoms with Gasteiger partial charge in [-0.3, -0.25) is 9.98 Å². The minimum absolute atomic E-state index is 0. The van der Waals surface area contributed by atoms with Crippen molar-refractivity contribution in [3.05, 3.63) is 93.0 Å². The molecule has 58 heavy (non-hydrogen) atoms. The first kappa shape index (κ1) is 48.3. The van der Waals surface area contributed by atoms with Crippen molar-refractivity contribution in [1.29, 1.82) is 0 Å². The summed E-state index contributed by atoms with van der Waals surface area (Å²) in [5.74, 6) is 1.87. The van der Waals surface area contributed by atoms with Crippen LogP contribution in [0.4, 0.5) is 11.4 Å². The van der Waals surface area contributed by atoms with Crippen LogP contribution >= 0.6 is 0 Å². The molecule has 4 aromatic carbocycles. The van der Waals surface area contributed by atoms with Crippen molar-refractivity contribution in [1.82, 2.24) is 0 Å². The van der Waals surface area contributed by atoms with Gasteiger partial charge in [0.05, 0.1) is 17.1 Å². The van der Waals surface area contributed by atoms with Crippen LogP contribution in [0.15, 0.2) is 58.5 Å². The maximum Gasteiger partial charge on any atom is 2.00 e. The Morgan fingerprint density at radius 1 is 0.603 bits per heavy atom. The van der Waals surface area contributed by atoms with E-state index in [1.807, 2.05) is 60.7 Å². The van der Waals surface area contributed by atoms with E-state index in [1.54, 1.807) is 0 Å². The number of aryl methyl sites for hydroxylation is 2. The van der Waals surface area contributed by atoms with E-state index in [0.717, 1.165) is 28.2 Å². The fraction of sp³-hybridized carbons (Fsp3) is 0.490. The molecule has 6 nitrogen and oxygen atoms in total. The van der Waals surface area contributed by atoms with Crippen LogP contribution in [0, 0.1) is 13.8 Å². The molecule has 7 heteroatoms. The molecule has 0 aliphatic carbocycles. The Morgan fingerprint density at radius 3 is 1.47 bits per heavy atom. The molecule has 0 bridgehead atoms. The van der Waals surface area contributed by atoms with Crippen LogP contribution < -0.4 is 19.7 Å². The van der Waals surface area contributed by atoms with Gasteiger partial charge in [0.2, 0.25) is 0 Å². The number of ether oxygens (including phenoxy) is 2. The molecular weight excluding hydrogens is 763 g/mol. The molecule has 0 spiro atoms. The second-order valence-electron chi connectivity index (χ2n) is 20.5. The van der Waals surface area contributed by atoms with Crippen molar-refractivity contribution in [2.24, 2.45) is 9.98 Å². The number of para-hydroxylation sites is 2. The quantitative estimate of drug-likeness (QED) is 0.130. The fourth-order valence-electron chi connectivity index (χ4n) is 7.21. The molecule has 4 aromatic rings. The number of benzene rings is 4. The maximum absolute atomic E-state index is 13.3. The topological polar surface area (TPSA) is 89.3 Å². The van der Waals surface area contributed by atoms with E-state index >= 15 is 0 Å². The Kier molecular flexibility index (Phi) is 14.7. The standard InChI is InChI=1S/C28H40O4.C23H30N2.Ni/c1-25(2,3)15-13-16(26(4,5)6)22-17(14-15)31-23-18(27(7,8)9)20(29)21(30)19(24(23)32-22)28(10,11)12;1-15(2)20-12-9-13-21(16(3)4)23(20)24-14-19(7)25-22-17(5)10-8-11-18(22)6;/h13-14,29-30H,1-12H3;8-16H,1-7H3;/q;;+2/p-2. The SMILES string of the molecule is CC(C)(C)c1cc2c(c(C(C)(C)C)c1)Oc1c(c(C(C)(C)C)c([O-])c([O-])c1C(C)(C)C)O2.CC(C=Nc1c(C(C)C)cccc1C(C)C)=Nc1c(C)cccc1C.[Ni+2]. The average molecular weight is 832 g/mol. The third-order valence-corrected chi connectivity index (χ3v) is 10.4. The fourth-order valence-corrected chi connectivity index (χ4v) is 7.21. The monoisotopic (exact) mass is 830 g/mol. The Bertz CT molecular complexity index is 2140. The molecule has 5 rings (SSSR count). The van der Waals surface area contributed by atoms with Gasteiger partial charge in [0.15, 0.2) is 23.0 Å². The summed E-state index contributed by atoms with van der Waals surface area (Å²) in [6.07, 6.45) is 1.90. The molecule has 0 unspecified atom stereocenters. The summed E-state index contributed by atoms with van der Waals surface area (Å²) in [6, 6.07) is 17.0. The molecule has 0 fully saturated rings. The first-order chi connectivity index (χ1) is 26.0. The van der Waals surface area contributed by atoms with Gasteiger partial charge in [0, 0.05) is 11.8 Å². The molecule has 0 atom stereocenters. The zero-order valence-electron chi connectivity index (χ0n) is 38.7. The van der Waals surface area contributed by atoms with Crippen molar-refractivity contribution in [2.75, 3.05) is 0 Å². The van der Waals surface area contributed by atoms with E-state index in [4.69, 9.17) is 19.5 Å². The molecule has 0 saturated heterocycles. The van der Waals surface area contributed by atoms with Crippen molar-refractivity contribution < 1.29 is 36.2 Å². The van der Waals surface area contributed by atoms with Crippen molar-refractivity contribution in [2.45, 2.75) is 165 Å². The summed E-state index contributed by atoms with van der Waals surface area (Å²) in [7, 11) is 0. The van der Waals surface area contributed by atoms with E-state index in [9.17, 15) is 10.2 Å². The van der Waals surface area contributed by atoms with Crippen LogP contribution in [-0.4, -0.2) is 11.9 Å². The Morgan fingerprint density at radius 2 is 1.05 bits per heavy atom. The van der Waals surface area contributed by atoms with Gasteiger partial charge in [-0.25, -0.2) is 0 Å². The molecule has 0 saturated carbocycles. The summed E-state index contributed by atoms with van der Waals surface area (Å²) >= 11 is 0. The first-order valence-electron chi connectivity index (χ1n) is 20.5. The molecule has 0 aromatic heterocycles. The van der Waals surface area contributed by atoms with Gasteiger partial charge >= 0.3 is 16.5 Å². The van der Waals surface area contributed by atoms with Gasteiger partial charge in [-0.15, -0.1) is 11.5 Å². The van der Waals surface area contributed by atoms with Gasteiger partial charge in [-0.2, -0.15) is 0 Å². The number of hydrogen-bond acceptors (Lipinski definition) is 6. The summed E-state index contributed by atoms with van der Waals surface area (Å²) in [4.78, 5) is 9.64. The first-order valence-corrected chi connectivity index (χ1v) is 20.5. The Labute approximate surface area is 360 Å². The zero-order chi connectivity index (χ0) is 43.2. The smallest absolute Gasteiger partial charge is 0.873 e. The molecule has 1 aliphatic heterocycles. The number of aliphatic imine (C=N–C) groups is 2. The van der Waals surface area contributed by atoms with E-state index in [2.05, 4.69) is 126 Å². The molecule has 0 N–H and O–H groups in total. The summed E-state index contributed by atoms with van der Waals surface area (Å²) in [5, 5.41) is 26.6. The normalized spacial score (nSPS) is 13.4. The predicted molar refractivity (Wildman–Crippen MR) is 238 cm³/mol. The zero-order valence-corrected chi connectivity index (χ0v) is 39.7. The number of rotatable bonds is 5. The van der Waals surface area contributed by atoms with Crippen molar-refractivity contribution in [3.8, 4) is 34.5 Å². The van der Waals surface area contributed by atoms with Crippen LogP contribution in [-0.2, 0) is 38.2 Å². The third-order valence-electron chi connectivity index (χ3n) is 10.4. The van der Waals surface area contributed by atoms with Gasteiger partial charge in [0.25, 0.3) is 0 Å². The molecule has 1 heterocycles. The summed E-state index contributed by atoms with van der Waals surface area (Å²) in [5.41, 5.74) is 9.47. The minimum atomic E-state index is -0.579. The largest absolute Gasteiger partial charge is 2.00 e. The van der Waals surface area contributed by atoms with Gasteiger partial charge in [0.1, 0.15) is 0 Å². The molecule has 0 radical (unpaired) electrons. The molecule has 316 valence electrons. The summed E-state index contributed by atoms with van der Waals surface area (Å²) < 4.78 is 13.1.